The number of hydrogen-bond acceptors (Lipinski definition) is 3. The molecule has 60 heavy (non-hydrogen) atoms. The van der Waals surface area contributed by atoms with Crippen LogP contribution in [0.2, 0.25) is 0 Å². The van der Waals surface area contributed by atoms with Crippen LogP contribution in [0, 0.1) is 0 Å². The molecule has 3 heterocycles. The molecule has 0 aliphatic heterocycles. The molecule has 0 N–H and O–H groups in total. The molecule has 0 saturated heterocycles. The van der Waals surface area contributed by atoms with Gasteiger partial charge in [0.25, 0.3) is 0 Å². The molecule has 3 nitrogen and oxygen atoms in total. The summed E-state index contributed by atoms with van der Waals surface area (Å²) in [5.74, 6) is 0. The molecule has 0 aliphatic rings. The van der Waals surface area contributed by atoms with Gasteiger partial charge in [0.1, 0.15) is 0 Å². The summed E-state index contributed by atoms with van der Waals surface area (Å²) in [5, 5.41) is 0. The molecule has 0 unspecified atom stereocenters. The van der Waals surface area contributed by atoms with E-state index >= 15 is 0 Å². The molecule has 0 saturated carbocycles. The van der Waals surface area contributed by atoms with Gasteiger partial charge in [-0.25, -0.2) is 0 Å². The Morgan fingerprint density at radius 3 is 0.400 bits per heavy atom. The van der Waals surface area contributed by atoms with E-state index in [1.54, 1.807) is 0 Å². The molecule has 0 bridgehead atoms. The molecule has 7 aromatic carbocycles. The smallest absolute Gasteiger partial charge is 0.0273 e. The van der Waals surface area contributed by atoms with Gasteiger partial charge in [0.15, 0.2) is 0 Å². The first-order valence-corrected chi connectivity index (χ1v) is 20.2. The summed E-state index contributed by atoms with van der Waals surface area (Å²) in [5.41, 5.74) is 21.2. The van der Waals surface area contributed by atoms with E-state index in [0.717, 1.165) is 16.7 Å². The van der Waals surface area contributed by atoms with Gasteiger partial charge < -0.3 is 0 Å². The van der Waals surface area contributed by atoms with Gasteiger partial charge in [-0.3, -0.25) is 15.0 Å². The minimum atomic E-state index is 1.16. The maximum atomic E-state index is 4.16. The van der Waals surface area contributed by atoms with Crippen molar-refractivity contribution in [2.75, 3.05) is 0 Å². The monoisotopic (exact) mass is 765 g/mol. The van der Waals surface area contributed by atoms with E-state index < -0.39 is 0 Å². The molecule has 3 aromatic heterocycles. The quantitative estimate of drug-likeness (QED) is 0.147. The van der Waals surface area contributed by atoms with Gasteiger partial charge in [-0.1, -0.05) is 146 Å². The van der Waals surface area contributed by atoms with E-state index in [1.165, 1.54) is 83.5 Å². The van der Waals surface area contributed by atoms with Crippen LogP contribution in [0.25, 0.3) is 100 Å². The predicted octanol–water partition coefficient (Wildman–Crippen LogP) is 14.9. The Hall–Kier alpha value is -8.01. The van der Waals surface area contributed by atoms with Crippen molar-refractivity contribution >= 4 is 0 Å². The fourth-order valence-electron chi connectivity index (χ4n) is 7.89. The summed E-state index contributed by atoms with van der Waals surface area (Å²) in [7, 11) is 0. The number of pyridine rings is 3. The van der Waals surface area contributed by atoms with E-state index in [0.29, 0.717) is 0 Å². The van der Waals surface area contributed by atoms with Crippen molar-refractivity contribution in [3.05, 3.63) is 237 Å². The van der Waals surface area contributed by atoms with Crippen LogP contribution < -0.4 is 0 Å². The molecule has 0 radical (unpaired) electrons. The average Bonchev–Trinajstić information content (AvgIpc) is 3.35. The van der Waals surface area contributed by atoms with E-state index in [1.807, 2.05) is 73.6 Å². The highest BCUT2D eigenvalue weighted by Gasteiger charge is 2.11. The van der Waals surface area contributed by atoms with Gasteiger partial charge in [0.05, 0.1) is 0 Å². The molecule has 0 fully saturated rings. The van der Waals surface area contributed by atoms with Crippen LogP contribution in [0.1, 0.15) is 0 Å². The first kappa shape index (κ1) is 36.3. The molecule has 0 atom stereocenters. The lowest BCUT2D eigenvalue weighted by atomic mass is 9.91. The standard InChI is InChI=1S/C57H39N3/c1-7-46(52-25-31-58-32-26-52)8-2-40(1)43-13-19-49(20-14-43)55-37-56(50-21-15-44(16-22-50)41-3-9-47(10-4-41)53-27-33-59-34-28-53)39-57(38-55)51-23-17-45(18-24-51)42-5-11-48(12-6-42)54-29-35-60-36-30-54/h1-39H. The average molecular weight is 766 g/mol. The van der Waals surface area contributed by atoms with Crippen molar-refractivity contribution in [2.45, 2.75) is 0 Å². The SMILES string of the molecule is c1cc(-c2ccc(-c3ccc(-c4cc(-c5ccc(-c6ccc(-c7ccncc7)cc6)cc5)cc(-c5ccc(-c6ccc(-c7ccncc7)cc6)cc5)c4)cc3)cc2)ccn1. The van der Waals surface area contributed by atoms with Crippen LogP contribution in [0.15, 0.2) is 237 Å². The largest absolute Gasteiger partial charge is 0.265 e. The highest BCUT2D eigenvalue weighted by atomic mass is 14.6. The van der Waals surface area contributed by atoms with E-state index in [9.17, 15) is 0 Å². The minimum Gasteiger partial charge on any atom is -0.265 e. The zero-order chi connectivity index (χ0) is 40.1. The second-order valence-electron chi connectivity index (χ2n) is 15.0. The summed E-state index contributed by atoms with van der Waals surface area (Å²) in [6.45, 7) is 0. The number of benzene rings is 7. The highest BCUT2D eigenvalue weighted by molar-refractivity contribution is 5.84. The van der Waals surface area contributed by atoms with Crippen molar-refractivity contribution in [2.24, 2.45) is 0 Å². The lowest BCUT2D eigenvalue weighted by Gasteiger charge is -2.13. The fourth-order valence-corrected chi connectivity index (χ4v) is 7.89. The first-order valence-electron chi connectivity index (χ1n) is 20.2. The summed E-state index contributed by atoms with van der Waals surface area (Å²) in [6, 6.07) is 72.3. The summed E-state index contributed by atoms with van der Waals surface area (Å²) in [6.07, 6.45) is 11.0. The van der Waals surface area contributed by atoms with Gasteiger partial charge in [-0.05, 0) is 155 Å². The molecule has 10 rings (SSSR count). The molecule has 3 heteroatoms. The van der Waals surface area contributed by atoms with Crippen molar-refractivity contribution in [1.29, 1.82) is 0 Å². The molecule has 0 amide bonds. The zero-order valence-corrected chi connectivity index (χ0v) is 32.9. The van der Waals surface area contributed by atoms with Crippen molar-refractivity contribution in [3.8, 4) is 100 Å². The molecule has 0 spiro atoms. The lowest BCUT2D eigenvalue weighted by Crippen LogP contribution is -1.88. The van der Waals surface area contributed by atoms with Crippen molar-refractivity contribution in [3.63, 3.8) is 0 Å². The normalized spacial score (nSPS) is 11.0. The van der Waals surface area contributed by atoms with E-state index in [-0.39, 0.29) is 0 Å². The van der Waals surface area contributed by atoms with Gasteiger partial charge in [0, 0.05) is 37.2 Å². The lowest BCUT2D eigenvalue weighted by molar-refractivity contribution is 1.33. The summed E-state index contributed by atoms with van der Waals surface area (Å²) >= 11 is 0. The second kappa shape index (κ2) is 16.5. The van der Waals surface area contributed by atoms with Crippen LogP contribution in [0.4, 0.5) is 0 Å². The Balaban J connectivity index is 0.960. The third kappa shape index (κ3) is 7.80. The zero-order valence-electron chi connectivity index (χ0n) is 32.9. The van der Waals surface area contributed by atoms with Gasteiger partial charge in [-0.15, -0.1) is 0 Å². The van der Waals surface area contributed by atoms with Crippen LogP contribution in [0.5, 0.6) is 0 Å². The minimum absolute atomic E-state index is 1.16. The van der Waals surface area contributed by atoms with E-state index in [2.05, 4.69) is 179 Å². The molecular formula is C57H39N3. The van der Waals surface area contributed by atoms with Crippen LogP contribution in [-0.4, -0.2) is 15.0 Å². The van der Waals surface area contributed by atoms with Crippen molar-refractivity contribution in [1.82, 2.24) is 15.0 Å². The maximum Gasteiger partial charge on any atom is 0.0273 e. The maximum absolute atomic E-state index is 4.16. The summed E-state index contributed by atoms with van der Waals surface area (Å²) in [4.78, 5) is 12.5. The van der Waals surface area contributed by atoms with Crippen LogP contribution in [-0.2, 0) is 0 Å². The Bertz CT molecular complexity index is 2630. The second-order valence-corrected chi connectivity index (χ2v) is 15.0. The first-order chi connectivity index (χ1) is 29.7. The molecule has 0 aliphatic carbocycles. The number of rotatable bonds is 9. The topological polar surface area (TPSA) is 38.7 Å². The van der Waals surface area contributed by atoms with Gasteiger partial charge >= 0.3 is 0 Å². The Morgan fingerprint density at radius 1 is 0.133 bits per heavy atom. The number of hydrogen-bond donors (Lipinski definition) is 0. The van der Waals surface area contributed by atoms with Gasteiger partial charge in [0.2, 0.25) is 0 Å². The number of nitrogens with zero attached hydrogens (tertiary/aromatic N) is 3. The van der Waals surface area contributed by atoms with Crippen LogP contribution >= 0.6 is 0 Å². The Morgan fingerprint density at radius 2 is 0.250 bits per heavy atom. The predicted molar refractivity (Wildman–Crippen MR) is 249 cm³/mol. The number of aromatic nitrogens is 3. The Kier molecular flexibility index (Phi) is 9.97. The van der Waals surface area contributed by atoms with Crippen molar-refractivity contribution < 1.29 is 0 Å². The molecule has 10 aromatic rings. The van der Waals surface area contributed by atoms with Crippen LogP contribution in [0.3, 0.4) is 0 Å². The summed E-state index contributed by atoms with van der Waals surface area (Å²) < 4.78 is 0. The van der Waals surface area contributed by atoms with Gasteiger partial charge in [-0.2, -0.15) is 0 Å². The van der Waals surface area contributed by atoms with E-state index in [4.69, 9.17) is 0 Å². The Labute approximate surface area is 351 Å². The molecular weight excluding hydrogens is 727 g/mol. The fraction of sp³-hybridized carbons (Fsp3) is 0. The third-order valence-electron chi connectivity index (χ3n) is 11.3. The third-order valence-corrected chi connectivity index (χ3v) is 11.3. The highest BCUT2D eigenvalue weighted by Crippen LogP contribution is 2.36. The molecule has 282 valence electrons.